The Labute approximate surface area is 133 Å². The molecule has 1 heterocycles. The van der Waals surface area contributed by atoms with Gasteiger partial charge < -0.3 is 5.32 Å². The van der Waals surface area contributed by atoms with E-state index in [9.17, 15) is 18.0 Å². The maximum Gasteiger partial charge on any atom is 0.416 e. The zero-order valence-electron chi connectivity index (χ0n) is 11.3. The number of fused-ring (bicyclic) bond motifs is 1. The lowest BCUT2D eigenvalue weighted by molar-refractivity contribution is -0.137. The summed E-state index contributed by atoms with van der Waals surface area (Å²) in [6, 6.07) is 8.76. The minimum absolute atomic E-state index is 0.0320. The van der Waals surface area contributed by atoms with Gasteiger partial charge >= 0.3 is 6.18 Å². The predicted molar refractivity (Wildman–Crippen MR) is 81.5 cm³/mol. The van der Waals surface area contributed by atoms with Gasteiger partial charge in [-0.05, 0) is 63.3 Å². The van der Waals surface area contributed by atoms with E-state index in [0.717, 1.165) is 33.4 Å². The number of halogens is 4. The van der Waals surface area contributed by atoms with Crippen LogP contribution in [-0.4, -0.2) is 5.91 Å². The first-order valence-electron chi connectivity index (χ1n) is 6.64. The summed E-state index contributed by atoms with van der Waals surface area (Å²) in [6.07, 6.45) is -3.30. The van der Waals surface area contributed by atoms with Crippen molar-refractivity contribution >= 4 is 27.5 Å². The van der Waals surface area contributed by atoms with Gasteiger partial charge in [-0.25, -0.2) is 0 Å². The van der Waals surface area contributed by atoms with Gasteiger partial charge in [0.2, 0.25) is 5.91 Å². The van der Waals surface area contributed by atoms with Gasteiger partial charge in [-0.1, -0.05) is 12.1 Å². The Hall–Kier alpha value is -1.82. The number of benzene rings is 2. The van der Waals surface area contributed by atoms with E-state index in [1.165, 1.54) is 12.1 Å². The highest BCUT2D eigenvalue weighted by Gasteiger charge is 2.30. The molecule has 0 spiro atoms. The highest BCUT2D eigenvalue weighted by atomic mass is 79.9. The molecule has 0 aromatic heterocycles. The van der Waals surface area contributed by atoms with Crippen LogP contribution in [0.1, 0.15) is 17.5 Å². The van der Waals surface area contributed by atoms with E-state index < -0.39 is 11.7 Å². The van der Waals surface area contributed by atoms with E-state index in [1.807, 2.05) is 6.07 Å². The molecule has 0 bridgehead atoms. The van der Waals surface area contributed by atoms with Gasteiger partial charge in [0.15, 0.2) is 0 Å². The highest BCUT2D eigenvalue weighted by Crippen LogP contribution is 2.36. The molecular weight excluding hydrogens is 359 g/mol. The van der Waals surface area contributed by atoms with E-state index in [-0.39, 0.29) is 5.91 Å². The maximum atomic E-state index is 12.6. The summed E-state index contributed by atoms with van der Waals surface area (Å²) in [5, 5.41) is 2.80. The number of nitrogens with one attached hydrogen (secondary N) is 1. The fourth-order valence-electron chi connectivity index (χ4n) is 2.47. The SMILES string of the molecule is O=C1CCc2cc(-c3ccc(C(F)(F)F)cc3)cc(Br)c2N1. The normalized spacial score (nSPS) is 14.5. The number of alkyl halides is 3. The summed E-state index contributed by atoms with van der Waals surface area (Å²) in [5.41, 5.74) is 2.57. The van der Waals surface area contributed by atoms with E-state index >= 15 is 0 Å². The zero-order chi connectivity index (χ0) is 15.9. The summed E-state index contributed by atoms with van der Waals surface area (Å²) in [5.74, 6) is -0.0320. The second-order valence-electron chi connectivity index (χ2n) is 5.12. The number of aryl methyl sites for hydroxylation is 1. The molecule has 3 rings (SSSR count). The second-order valence-corrected chi connectivity index (χ2v) is 5.97. The molecule has 0 radical (unpaired) electrons. The minimum atomic E-state index is -4.33. The van der Waals surface area contributed by atoms with Gasteiger partial charge in [-0.3, -0.25) is 4.79 Å². The second kappa shape index (κ2) is 5.43. The molecule has 0 unspecified atom stereocenters. The molecular formula is C16H11BrF3NO. The van der Waals surface area contributed by atoms with Crippen LogP contribution in [0.4, 0.5) is 18.9 Å². The van der Waals surface area contributed by atoms with Crippen molar-refractivity contribution in [2.75, 3.05) is 5.32 Å². The molecule has 6 heteroatoms. The quantitative estimate of drug-likeness (QED) is 0.751. The van der Waals surface area contributed by atoms with Crippen molar-refractivity contribution in [3.63, 3.8) is 0 Å². The molecule has 2 nitrogen and oxygen atoms in total. The third-order valence-electron chi connectivity index (χ3n) is 3.60. The lowest BCUT2D eigenvalue weighted by atomic mass is 9.96. The van der Waals surface area contributed by atoms with E-state index in [1.54, 1.807) is 6.07 Å². The van der Waals surface area contributed by atoms with Crippen molar-refractivity contribution < 1.29 is 18.0 Å². The Bertz CT molecular complexity index is 738. The average Bonchev–Trinajstić information content (AvgIpc) is 2.47. The number of hydrogen-bond acceptors (Lipinski definition) is 1. The van der Waals surface area contributed by atoms with Gasteiger partial charge in [-0.15, -0.1) is 0 Å². The summed E-state index contributed by atoms with van der Waals surface area (Å²) in [4.78, 5) is 11.4. The summed E-state index contributed by atoms with van der Waals surface area (Å²) >= 11 is 3.41. The molecule has 1 amide bonds. The fraction of sp³-hybridized carbons (Fsp3) is 0.188. The number of hydrogen-bond donors (Lipinski definition) is 1. The van der Waals surface area contributed by atoms with Crippen LogP contribution in [0.2, 0.25) is 0 Å². The van der Waals surface area contributed by atoms with E-state index in [0.29, 0.717) is 18.4 Å². The van der Waals surface area contributed by atoms with Crippen LogP contribution in [-0.2, 0) is 17.4 Å². The first-order chi connectivity index (χ1) is 10.3. The summed E-state index contributed by atoms with van der Waals surface area (Å²) < 4.78 is 38.5. The predicted octanol–water partition coefficient (Wildman–Crippen LogP) is 5.02. The summed E-state index contributed by atoms with van der Waals surface area (Å²) in [6.45, 7) is 0. The van der Waals surface area contributed by atoms with Crippen LogP contribution in [0.5, 0.6) is 0 Å². The Balaban J connectivity index is 1.99. The van der Waals surface area contributed by atoms with E-state index in [4.69, 9.17) is 0 Å². The van der Waals surface area contributed by atoms with Crippen LogP contribution in [0, 0.1) is 0 Å². The Morgan fingerprint density at radius 1 is 1.00 bits per heavy atom. The van der Waals surface area contributed by atoms with Crippen molar-refractivity contribution in [2.45, 2.75) is 19.0 Å². The molecule has 2 aromatic carbocycles. The molecule has 114 valence electrons. The van der Waals surface area contributed by atoms with Gasteiger partial charge in [0, 0.05) is 10.9 Å². The van der Waals surface area contributed by atoms with Gasteiger partial charge in [0.1, 0.15) is 0 Å². The van der Waals surface area contributed by atoms with Crippen LogP contribution in [0.15, 0.2) is 40.9 Å². The maximum absolute atomic E-state index is 12.6. The van der Waals surface area contributed by atoms with Crippen molar-refractivity contribution in [3.05, 3.63) is 52.0 Å². The topological polar surface area (TPSA) is 29.1 Å². The number of amides is 1. The van der Waals surface area contributed by atoms with Gasteiger partial charge in [0.25, 0.3) is 0 Å². The van der Waals surface area contributed by atoms with Gasteiger partial charge in [-0.2, -0.15) is 13.2 Å². The largest absolute Gasteiger partial charge is 0.416 e. The molecule has 0 atom stereocenters. The molecule has 0 saturated heterocycles. The number of carbonyl (C=O) groups excluding carboxylic acids is 1. The molecule has 1 aliphatic rings. The number of anilines is 1. The standard InChI is InChI=1S/C16H11BrF3NO/c17-13-8-11(7-10-3-6-14(22)21-15(10)13)9-1-4-12(5-2-9)16(18,19)20/h1-2,4-5,7-8H,3,6H2,(H,21,22). The molecule has 0 aliphatic carbocycles. The van der Waals surface area contributed by atoms with Crippen molar-refractivity contribution in [1.29, 1.82) is 0 Å². The van der Waals surface area contributed by atoms with Gasteiger partial charge in [0.05, 0.1) is 11.3 Å². The Kier molecular flexibility index (Phi) is 3.72. The van der Waals surface area contributed by atoms with E-state index in [2.05, 4.69) is 21.2 Å². The summed E-state index contributed by atoms with van der Waals surface area (Å²) in [7, 11) is 0. The third-order valence-corrected chi connectivity index (χ3v) is 4.23. The number of rotatable bonds is 1. The molecule has 1 N–H and O–H groups in total. The molecule has 1 aliphatic heterocycles. The monoisotopic (exact) mass is 369 g/mol. The lowest BCUT2D eigenvalue weighted by Crippen LogP contribution is -2.19. The number of carbonyl (C=O) groups is 1. The smallest absolute Gasteiger partial charge is 0.325 e. The van der Waals surface area contributed by atoms with Crippen molar-refractivity contribution in [2.24, 2.45) is 0 Å². The highest BCUT2D eigenvalue weighted by molar-refractivity contribution is 9.10. The minimum Gasteiger partial charge on any atom is -0.325 e. The fourth-order valence-corrected chi connectivity index (χ4v) is 3.07. The molecule has 22 heavy (non-hydrogen) atoms. The lowest BCUT2D eigenvalue weighted by Gasteiger charge is -2.19. The van der Waals surface area contributed by atoms with Crippen LogP contribution >= 0.6 is 15.9 Å². The van der Waals surface area contributed by atoms with Crippen molar-refractivity contribution in [1.82, 2.24) is 0 Å². The molecule has 2 aromatic rings. The first kappa shape index (κ1) is 15.1. The van der Waals surface area contributed by atoms with Crippen LogP contribution in [0.3, 0.4) is 0 Å². The average molecular weight is 370 g/mol. The Morgan fingerprint density at radius 3 is 2.32 bits per heavy atom. The first-order valence-corrected chi connectivity index (χ1v) is 7.44. The molecule has 0 saturated carbocycles. The van der Waals surface area contributed by atoms with Crippen LogP contribution < -0.4 is 5.32 Å². The Morgan fingerprint density at radius 2 is 1.68 bits per heavy atom. The third kappa shape index (κ3) is 2.88. The van der Waals surface area contributed by atoms with Crippen LogP contribution in [0.25, 0.3) is 11.1 Å². The molecule has 0 fully saturated rings. The van der Waals surface area contributed by atoms with Crippen molar-refractivity contribution in [3.8, 4) is 11.1 Å². The zero-order valence-corrected chi connectivity index (χ0v) is 12.9.